The van der Waals surface area contributed by atoms with Crippen LogP contribution in [0.25, 0.3) is 0 Å². The SMILES string of the molecule is [CH2-][NH+]1c2ccccc2Cc2ccccc21. The van der Waals surface area contributed by atoms with Crippen LogP contribution < -0.4 is 4.90 Å². The lowest BCUT2D eigenvalue weighted by Crippen LogP contribution is -2.97. The number of fused-ring (bicyclic) bond motifs is 2. The third kappa shape index (κ3) is 1.28. The topological polar surface area (TPSA) is 4.44 Å². The van der Waals surface area contributed by atoms with Crippen molar-refractivity contribution < 1.29 is 4.90 Å². The van der Waals surface area contributed by atoms with E-state index < -0.39 is 0 Å². The number of rotatable bonds is 0. The molecule has 0 radical (unpaired) electrons. The second-order valence-corrected chi connectivity index (χ2v) is 3.97. The van der Waals surface area contributed by atoms with E-state index in [2.05, 4.69) is 55.6 Å². The minimum Gasteiger partial charge on any atom is -0.402 e. The number of hydrogen-bond acceptors (Lipinski definition) is 0. The van der Waals surface area contributed by atoms with Gasteiger partial charge in [-0.2, -0.15) is 0 Å². The van der Waals surface area contributed by atoms with E-state index in [1.807, 2.05) is 0 Å². The highest BCUT2D eigenvalue weighted by molar-refractivity contribution is 5.54. The fourth-order valence-corrected chi connectivity index (χ4v) is 2.29. The van der Waals surface area contributed by atoms with Crippen LogP contribution in [0.5, 0.6) is 0 Å². The molecule has 0 spiro atoms. The number of para-hydroxylation sites is 2. The first-order chi connectivity index (χ1) is 7.36. The molecule has 15 heavy (non-hydrogen) atoms. The molecule has 3 rings (SSSR count). The standard InChI is InChI=1S/C14H13N/c1-15-13-8-4-2-6-11(13)10-12-7-3-5-9-14(12)15/h2-9,15H,1,10H2. The third-order valence-electron chi connectivity index (χ3n) is 3.07. The van der Waals surface area contributed by atoms with Crippen molar-refractivity contribution in [3.63, 3.8) is 0 Å². The lowest BCUT2D eigenvalue weighted by Gasteiger charge is -2.29. The average Bonchev–Trinajstić information content (AvgIpc) is 2.30. The summed E-state index contributed by atoms with van der Waals surface area (Å²) in [5.74, 6) is 0. The molecule has 1 N–H and O–H groups in total. The number of nitrogens with one attached hydrogen (secondary N) is 1. The van der Waals surface area contributed by atoms with Crippen molar-refractivity contribution >= 4 is 11.4 Å². The zero-order valence-electron chi connectivity index (χ0n) is 8.53. The van der Waals surface area contributed by atoms with Gasteiger partial charge in [0.15, 0.2) is 0 Å². The van der Waals surface area contributed by atoms with Gasteiger partial charge in [0.1, 0.15) is 11.4 Å². The first kappa shape index (κ1) is 8.69. The van der Waals surface area contributed by atoms with Crippen molar-refractivity contribution in [2.75, 3.05) is 0 Å². The molecule has 1 nitrogen and oxygen atoms in total. The Morgan fingerprint density at radius 1 is 0.800 bits per heavy atom. The van der Waals surface area contributed by atoms with Gasteiger partial charge in [-0.1, -0.05) is 36.4 Å². The second kappa shape index (κ2) is 3.21. The van der Waals surface area contributed by atoms with Gasteiger partial charge in [-0.3, -0.25) is 0 Å². The molecule has 0 fully saturated rings. The normalized spacial score (nSPS) is 14.5. The van der Waals surface area contributed by atoms with Crippen LogP contribution in [0.2, 0.25) is 0 Å². The van der Waals surface area contributed by atoms with Crippen molar-refractivity contribution in [1.82, 2.24) is 0 Å². The monoisotopic (exact) mass is 195 g/mol. The van der Waals surface area contributed by atoms with Crippen LogP contribution in [0.3, 0.4) is 0 Å². The Hall–Kier alpha value is -1.60. The molecule has 0 saturated carbocycles. The van der Waals surface area contributed by atoms with E-state index >= 15 is 0 Å². The largest absolute Gasteiger partial charge is 0.402 e. The van der Waals surface area contributed by atoms with Crippen LogP contribution in [0.4, 0.5) is 11.4 Å². The van der Waals surface area contributed by atoms with Crippen molar-refractivity contribution in [3.8, 4) is 0 Å². The summed E-state index contributed by atoms with van der Waals surface area (Å²) in [5.41, 5.74) is 5.38. The zero-order chi connectivity index (χ0) is 10.3. The fourth-order valence-electron chi connectivity index (χ4n) is 2.29. The van der Waals surface area contributed by atoms with Crippen LogP contribution in [0.1, 0.15) is 11.1 Å². The Balaban J connectivity index is 2.20. The highest BCUT2D eigenvalue weighted by Gasteiger charge is 2.20. The minimum absolute atomic E-state index is 1.03. The molecule has 1 aliphatic heterocycles. The molecule has 0 atom stereocenters. The molecule has 1 aliphatic rings. The van der Waals surface area contributed by atoms with Gasteiger partial charge in [0.25, 0.3) is 0 Å². The molecule has 0 amide bonds. The summed E-state index contributed by atoms with van der Waals surface area (Å²) >= 11 is 0. The summed E-state index contributed by atoms with van der Waals surface area (Å²) in [7, 11) is 4.20. The minimum atomic E-state index is 1.03. The van der Waals surface area contributed by atoms with Crippen LogP contribution >= 0.6 is 0 Å². The molecule has 0 saturated heterocycles. The van der Waals surface area contributed by atoms with Gasteiger partial charge in [-0.25, -0.2) is 0 Å². The lowest BCUT2D eigenvalue weighted by molar-refractivity contribution is -0.707. The first-order valence-electron chi connectivity index (χ1n) is 5.22. The molecule has 2 aromatic rings. The van der Waals surface area contributed by atoms with E-state index in [-0.39, 0.29) is 0 Å². The van der Waals surface area contributed by atoms with E-state index in [1.165, 1.54) is 22.5 Å². The summed E-state index contributed by atoms with van der Waals surface area (Å²) < 4.78 is 0. The molecular weight excluding hydrogens is 182 g/mol. The molecule has 0 aromatic heterocycles. The van der Waals surface area contributed by atoms with E-state index in [9.17, 15) is 0 Å². The molecule has 74 valence electrons. The number of hydrogen-bond donors (Lipinski definition) is 1. The van der Waals surface area contributed by atoms with E-state index in [0.29, 0.717) is 0 Å². The smallest absolute Gasteiger partial charge is 0.113 e. The Morgan fingerprint density at radius 3 is 1.80 bits per heavy atom. The zero-order valence-corrected chi connectivity index (χ0v) is 8.53. The van der Waals surface area contributed by atoms with E-state index in [4.69, 9.17) is 0 Å². The van der Waals surface area contributed by atoms with Crippen molar-refractivity contribution in [3.05, 3.63) is 66.7 Å². The second-order valence-electron chi connectivity index (χ2n) is 3.97. The Bertz CT molecular complexity index is 457. The third-order valence-corrected chi connectivity index (χ3v) is 3.07. The summed E-state index contributed by atoms with van der Waals surface area (Å²) in [6, 6.07) is 17.1. The van der Waals surface area contributed by atoms with Gasteiger partial charge in [0.2, 0.25) is 0 Å². The fraction of sp³-hybridized carbons (Fsp3) is 0.0714. The van der Waals surface area contributed by atoms with Crippen molar-refractivity contribution in [2.24, 2.45) is 0 Å². The Kier molecular flexibility index (Phi) is 1.86. The Labute approximate surface area is 90.0 Å². The summed E-state index contributed by atoms with van der Waals surface area (Å²) in [6.45, 7) is 0. The predicted octanol–water partition coefficient (Wildman–Crippen LogP) is 2.23. The lowest BCUT2D eigenvalue weighted by atomic mass is 9.96. The van der Waals surface area contributed by atoms with E-state index in [0.717, 1.165) is 11.3 Å². The maximum Gasteiger partial charge on any atom is 0.113 e. The molecule has 0 bridgehead atoms. The summed E-state index contributed by atoms with van der Waals surface area (Å²) in [5, 5.41) is 0. The van der Waals surface area contributed by atoms with Gasteiger partial charge in [-0.05, 0) is 12.1 Å². The average molecular weight is 195 g/mol. The quantitative estimate of drug-likeness (QED) is 0.615. The molecule has 0 unspecified atom stereocenters. The van der Waals surface area contributed by atoms with Gasteiger partial charge in [0, 0.05) is 17.5 Å². The molecule has 0 aliphatic carbocycles. The number of benzene rings is 2. The van der Waals surface area contributed by atoms with Crippen LogP contribution in [-0.4, -0.2) is 0 Å². The summed E-state index contributed by atoms with van der Waals surface area (Å²) in [4.78, 5) is 1.16. The van der Waals surface area contributed by atoms with Crippen LogP contribution in [0, 0.1) is 7.05 Å². The van der Waals surface area contributed by atoms with E-state index in [1.54, 1.807) is 0 Å². The molecule has 1 heterocycles. The van der Waals surface area contributed by atoms with Crippen molar-refractivity contribution in [1.29, 1.82) is 0 Å². The van der Waals surface area contributed by atoms with Gasteiger partial charge < -0.3 is 4.90 Å². The van der Waals surface area contributed by atoms with Crippen LogP contribution in [0.15, 0.2) is 48.5 Å². The van der Waals surface area contributed by atoms with Crippen LogP contribution in [-0.2, 0) is 6.42 Å². The van der Waals surface area contributed by atoms with Gasteiger partial charge >= 0.3 is 0 Å². The first-order valence-corrected chi connectivity index (χ1v) is 5.22. The maximum atomic E-state index is 4.20. The maximum absolute atomic E-state index is 4.20. The summed E-state index contributed by atoms with van der Waals surface area (Å²) in [6.07, 6.45) is 1.03. The predicted molar refractivity (Wildman–Crippen MR) is 61.3 cm³/mol. The highest BCUT2D eigenvalue weighted by atomic mass is 15.1. The molecule has 2 aromatic carbocycles. The van der Waals surface area contributed by atoms with Crippen molar-refractivity contribution in [2.45, 2.75) is 6.42 Å². The molecule has 1 heteroatoms. The molecular formula is C14H13N. The van der Waals surface area contributed by atoms with Gasteiger partial charge in [0.05, 0.1) is 0 Å². The Morgan fingerprint density at radius 2 is 1.27 bits per heavy atom. The van der Waals surface area contributed by atoms with Gasteiger partial charge in [-0.15, -0.1) is 7.05 Å². The highest BCUT2D eigenvalue weighted by Crippen LogP contribution is 2.25. The number of quaternary nitrogens is 1.